The van der Waals surface area contributed by atoms with E-state index < -0.39 is 17.4 Å². The van der Waals surface area contributed by atoms with Crippen LogP contribution in [0.5, 0.6) is 0 Å². The van der Waals surface area contributed by atoms with E-state index in [0.29, 0.717) is 24.2 Å². The van der Waals surface area contributed by atoms with Crippen molar-refractivity contribution >= 4 is 17.7 Å². The Morgan fingerprint density at radius 3 is 2.31 bits per heavy atom. The lowest BCUT2D eigenvalue weighted by Crippen LogP contribution is -2.47. The molecule has 0 unspecified atom stereocenters. The van der Waals surface area contributed by atoms with Crippen LogP contribution in [0.3, 0.4) is 0 Å². The maximum atomic E-state index is 12.5. The first-order chi connectivity index (χ1) is 12.4. The molecule has 136 valence electrons. The highest BCUT2D eigenvalue weighted by Crippen LogP contribution is 2.33. The van der Waals surface area contributed by atoms with Crippen LogP contribution in [0.4, 0.5) is 0 Å². The fourth-order valence-corrected chi connectivity index (χ4v) is 3.47. The molecule has 0 atom stereocenters. The minimum Gasteiger partial charge on any atom is -0.481 e. The van der Waals surface area contributed by atoms with Crippen LogP contribution in [0.1, 0.15) is 59.9 Å². The zero-order valence-electron chi connectivity index (χ0n) is 14.6. The standard InChI is InChI=1S/C20H21NO5/c1-13(22)14-4-6-15(7-5-14)16-8-9-17(26-16)19(25)21-20(12-18(23)24)10-2-3-11-20/h4-9H,2-3,10-12H2,1H3,(H,21,25)(H,23,24). The summed E-state index contributed by atoms with van der Waals surface area (Å²) in [6.45, 7) is 1.50. The maximum absolute atomic E-state index is 12.5. The van der Waals surface area contributed by atoms with Gasteiger partial charge in [0.05, 0.1) is 12.0 Å². The fourth-order valence-electron chi connectivity index (χ4n) is 3.47. The van der Waals surface area contributed by atoms with E-state index >= 15 is 0 Å². The maximum Gasteiger partial charge on any atom is 0.305 e. The number of furan rings is 1. The Morgan fingerprint density at radius 2 is 1.73 bits per heavy atom. The third kappa shape index (κ3) is 3.85. The summed E-state index contributed by atoms with van der Waals surface area (Å²) >= 11 is 0. The largest absolute Gasteiger partial charge is 0.481 e. The average Bonchev–Trinajstić information content (AvgIpc) is 3.24. The van der Waals surface area contributed by atoms with Gasteiger partial charge in [0.2, 0.25) is 0 Å². The molecule has 1 saturated carbocycles. The van der Waals surface area contributed by atoms with Crippen molar-refractivity contribution < 1.29 is 23.9 Å². The van der Waals surface area contributed by atoms with Gasteiger partial charge < -0.3 is 14.8 Å². The summed E-state index contributed by atoms with van der Waals surface area (Å²) < 4.78 is 5.65. The van der Waals surface area contributed by atoms with E-state index in [4.69, 9.17) is 9.52 Å². The van der Waals surface area contributed by atoms with E-state index in [1.54, 1.807) is 36.4 Å². The van der Waals surface area contributed by atoms with Crippen LogP contribution in [-0.4, -0.2) is 28.3 Å². The Balaban J connectivity index is 1.75. The molecule has 1 aromatic heterocycles. The van der Waals surface area contributed by atoms with Gasteiger partial charge in [0.1, 0.15) is 5.76 Å². The van der Waals surface area contributed by atoms with Gasteiger partial charge >= 0.3 is 5.97 Å². The Kier molecular flexibility index (Phi) is 4.93. The quantitative estimate of drug-likeness (QED) is 0.771. The number of ketones is 1. The van der Waals surface area contributed by atoms with Gasteiger partial charge in [0.15, 0.2) is 11.5 Å². The van der Waals surface area contributed by atoms with Gasteiger partial charge in [-0.15, -0.1) is 0 Å². The molecule has 1 amide bonds. The van der Waals surface area contributed by atoms with Crippen molar-refractivity contribution in [3.05, 3.63) is 47.7 Å². The first-order valence-electron chi connectivity index (χ1n) is 8.64. The second-order valence-electron chi connectivity index (χ2n) is 6.81. The molecule has 6 heteroatoms. The van der Waals surface area contributed by atoms with Crippen LogP contribution in [0, 0.1) is 0 Å². The van der Waals surface area contributed by atoms with Crippen molar-refractivity contribution in [1.82, 2.24) is 5.32 Å². The van der Waals surface area contributed by atoms with Crippen molar-refractivity contribution in [2.45, 2.75) is 44.6 Å². The van der Waals surface area contributed by atoms with Gasteiger partial charge in [0, 0.05) is 11.1 Å². The Bertz CT molecular complexity index is 828. The molecule has 2 N–H and O–H groups in total. The zero-order chi connectivity index (χ0) is 18.7. The number of nitrogens with one attached hydrogen (secondary N) is 1. The molecule has 0 radical (unpaired) electrons. The number of carboxylic acid groups (broad SMARTS) is 1. The molecule has 6 nitrogen and oxygen atoms in total. The van der Waals surface area contributed by atoms with Crippen molar-refractivity contribution in [2.24, 2.45) is 0 Å². The highest BCUT2D eigenvalue weighted by atomic mass is 16.4. The van der Waals surface area contributed by atoms with Crippen molar-refractivity contribution in [2.75, 3.05) is 0 Å². The molecule has 3 rings (SSSR count). The lowest BCUT2D eigenvalue weighted by Gasteiger charge is -2.28. The molecule has 2 aromatic rings. The van der Waals surface area contributed by atoms with Crippen LogP contribution in [0.2, 0.25) is 0 Å². The molecule has 1 aliphatic carbocycles. The number of carbonyl (C=O) groups excluding carboxylic acids is 2. The van der Waals surface area contributed by atoms with Crippen molar-refractivity contribution in [3.63, 3.8) is 0 Å². The minimum atomic E-state index is -0.919. The molecular formula is C20H21NO5. The molecule has 26 heavy (non-hydrogen) atoms. The normalized spacial score (nSPS) is 15.6. The highest BCUT2D eigenvalue weighted by molar-refractivity contribution is 5.95. The van der Waals surface area contributed by atoms with E-state index in [1.807, 2.05) is 0 Å². The predicted molar refractivity (Wildman–Crippen MR) is 95.1 cm³/mol. The van der Waals surface area contributed by atoms with Crippen LogP contribution < -0.4 is 5.32 Å². The molecule has 0 spiro atoms. The Hall–Kier alpha value is -2.89. The van der Waals surface area contributed by atoms with E-state index in [0.717, 1.165) is 18.4 Å². The van der Waals surface area contributed by atoms with Gasteiger partial charge in [-0.1, -0.05) is 37.1 Å². The van der Waals surface area contributed by atoms with Gasteiger partial charge in [-0.3, -0.25) is 14.4 Å². The first kappa shape index (κ1) is 17.9. The number of carboxylic acids is 1. The summed E-state index contributed by atoms with van der Waals surface area (Å²) in [4.78, 5) is 35.0. The van der Waals surface area contributed by atoms with E-state index in [-0.39, 0.29) is 18.0 Å². The molecule has 1 heterocycles. The van der Waals surface area contributed by atoms with Gasteiger partial charge in [-0.25, -0.2) is 0 Å². The lowest BCUT2D eigenvalue weighted by molar-refractivity contribution is -0.138. The summed E-state index contributed by atoms with van der Waals surface area (Å²) in [5, 5.41) is 12.0. The highest BCUT2D eigenvalue weighted by Gasteiger charge is 2.38. The lowest BCUT2D eigenvalue weighted by atomic mass is 9.93. The smallest absolute Gasteiger partial charge is 0.305 e. The molecule has 0 saturated heterocycles. The number of aliphatic carboxylic acids is 1. The third-order valence-electron chi connectivity index (χ3n) is 4.83. The monoisotopic (exact) mass is 355 g/mol. The van der Waals surface area contributed by atoms with E-state index in [9.17, 15) is 14.4 Å². The van der Waals surface area contributed by atoms with Crippen molar-refractivity contribution in [3.8, 4) is 11.3 Å². The minimum absolute atomic E-state index is 0.0173. The van der Waals surface area contributed by atoms with Gasteiger partial charge in [-0.2, -0.15) is 0 Å². The number of benzene rings is 1. The van der Waals surface area contributed by atoms with E-state index in [1.165, 1.54) is 6.92 Å². The predicted octanol–water partition coefficient (Wildman–Crippen LogP) is 3.67. The summed E-state index contributed by atoms with van der Waals surface area (Å²) in [5.74, 6) is -0.676. The van der Waals surface area contributed by atoms with Gasteiger partial charge in [0.25, 0.3) is 5.91 Å². The SMILES string of the molecule is CC(=O)c1ccc(-c2ccc(C(=O)NC3(CC(=O)O)CCCC3)o2)cc1. The summed E-state index contributed by atoms with van der Waals surface area (Å²) in [7, 11) is 0. The summed E-state index contributed by atoms with van der Waals surface area (Å²) in [6.07, 6.45) is 3.04. The number of Topliss-reactive ketones (excluding diaryl/α,β-unsaturated/α-hetero) is 1. The second kappa shape index (κ2) is 7.15. The number of carbonyl (C=O) groups is 3. The number of hydrogen-bond acceptors (Lipinski definition) is 4. The Labute approximate surface area is 151 Å². The number of amides is 1. The first-order valence-corrected chi connectivity index (χ1v) is 8.64. The molecule has 1 aliphatic rings. The van der Waals surface area contributed by atoms with Gasteiger partial charge in [-0.05, 0) is 31.9 Å². The zero-order valence-corrected chi connectivity index (χ0v) is 14.6. The van der Waals surface area contributed by atoms with Crippen LogP contribution >= 0.6 is 0 Å². The topological polar surface area (TPSA) is 96.6 Å². The van der Waals surface area contributed by atoms with Crippen LogP contribution in [0.15, 0.2) is 40.8 Å². The van der Waals surface area contributed by atoms with Crippen LogP contribution in [-0.2, 0) is 4.79 Å². The second-order valence-corrected chi connectivity index (χ2v) is 6.81. The molecule has 0 bridgehead atoms. The van der Waals surface area contributed by atoms with Crippen LogP contribution in [0.25, 0.3) is 11.3 Å². The summed E-state index contributed by atoms with van der Waals surface area (Å²) in [5.41, 5.74) is 0.671. The number of hydrogen-bond donors (Lipinski definition) is 2. The van der Waals surface area contributed by atoms with Crippen molar-refractivity contribution in [1.29, 1.82) is 0 Å². The third-order valence-corrected chi connectivity index (χ3v) is 4.83. The Morgan fingerprint density at radius 1 is 1.08 bits per heavy atom. The fraction of sp³-hybridized carbons (Fsp3) is 0.350. The molecular weight excluding hydrogens is 334 g/mol. The van der Waals surface area contributed by atoms with E-state index in [2.05, 4.69) is 5.32 Å². The molecule has 1 aromatic carbocycles. The summed E-state index contributed by atoms with van der Waals surface area (Å²) in [6, 6.07) is 10.2. The number of rotatable bonds is 6. The molecule has 0 aliphatic heterocycles. The average molecular weight is 355 g/mol. The molecule has 1 fully saturated rings.